The van der Waals surface area contributed by atoms with Gasteiger partial charge in [0.15, 0.2) is 0 Å². The van der Waals surface area contributed by atoms with Crippen LogP contribution in [0.3, 0.4) is 0 Å². The van der Waals surface area contributed by atoms with E-state index < -0.39 is 0 Å². The van der Waals surface area contributed by atoms with Gasteiger partial charge in [-0.05, 0) is 27.4 Å². The zero-order valence-electron chi connectivity index (χ0n) is 6.42. The molecule has 0 saturated carbocycles. The molecule has 56 valence electrons. The predicted octanol–water partition coefficient (Wildman–Crippen LogP) is 1.94. The van der Waals surface area contributed by atoms with Crippen LogP contribution in [-0.2, 0) is 0 Å². The number of halogens is 1. The third-order valence-corrected chi connectivity index (χ3v) is 0.979. The van der Waals surface area contributed by atoms with Gasteiger partial charge in [-0.2, -0.15) is 0 Å². The Labute approximate surface area is 64.2 Å². The number of rotatable bonds is 3. The van der Waals surface area contributed by atoms with Crippen molar-refractivity contribution in [1.82, 2.24) is 4.90 Å². The summed E-state index contributed by atoms with van der Waals surface area (Å²) in [6.45, 7) is 3.21. The summed E-state index contributed by atoms with van der Waals surface area (Å²) in [7, 11) is 4.17. The number of hydrogen-bond acceptors (Lipinski definition) is 1. The van der Waals surface area contributed by atoms with Crippen molar-refractivity contribution in [2.45, 2.75) is 13.3 Å². The molecule has 0 amide bonds. The van der Waals surface area contributed by atoms with Crippen molar-refractivity contribution in [3.8, 4) is 0 Å². The van der Waals surface area contributed by atoms with Crippen molar-refractivity contribution in [2.24, 2.45) is 0 Å². The third kappa shape index (κ3) is 11.5. The van der Waals surface area contributed by atoms with Gasteiger partial charge in [-0.15, -0.1) is 12.4 Å². The Morgan fingerprint density at radius 2 is 1.89 bits per heavy atom. The molecule has 0 N–H and O–H groups in total. The second-order valence-corrected chi connectivity index (χ2v) is 2.16. The first-order valence-corrected chi connectivity index (χ1v) is 3.03. The Morgan fingerprint density at radius 1 is 1.33 bits per heavy atom. The molecule has 0 fully saturated rings. The first-order valence-electron chi connectivity index (χ1n) is 3.03. The molecule has 0 saturated heterocycles. The SMILES string of the molecule is CC=CCCN(C)C.Cl. The molecule has 2 heteroatoms. The summed E-state index contributed by atoms with van der Waals surface area (Å²) >= 11 is 0. The van der Waals surface area contributed by atoms with Crippen LogP contribution in [0.15, 0.2) is 12.2 Å². The van der Waals surface area contributed by atoms with E-state index in [9.17, 15) is 0 Å². The van der Waals surface area contributed by atoms with E-state index in [2.05, 4.69) is 38.1 Å². The first kappa shape index (κ1) is 11.7. The van der Waals surface area contributed by atoms with Gasteiger partial charge in [0.05, 0.1) is 0 Å². The van der Waals surface area contributed by atoms with Gasteiger partial charge in [-0.3, -0.25) is 0 Å². The van der Waals surface area contributed by atoms with Crippen molar-refractivity contribution >= 4 is 12.4 Å². The number of hydrogen-bond donors (Lipinski definition) is 0. The van der Waals surface area contributed by atoms with Gasteiger partial charge in [-0.1, -0.05) is 12.2 Å². The molecule has 0 atom stereocenters. The average molecular weight is 150 g/mol. The maximum Gasteiger partial charge on any atom is 0.000980 e. The molecule has 0 unspecified atom stereocenters. The Balaban J connectivity index is 0. The Bertz CT molecular complexity index is 69.3. The standard InChI is InChI=1S/C7H15N.ClH/c1-4-5-6-7-8(2)3;/h4-5H,6-7H2,1-3H3;1H. The fourth-order valence-electron chi connectivity index (χ4n) is 0.499. The van der Waals surface area contributed by atoms with Crippen LogP contribution in [0.25, 0.3) is 0 Å². The average Bonchev–Trinajstić information content (AvgIpc) is 1.66. The summed E-state index contributed by atoms with van der Waals surface area (Å²) in [5.41, 5.74) is 0. The van der Waals surface area contributed by atoms with E-state index in [-0.39, 0.29) is 12.4 Å². The zero-order valence-corrected chi connectivity index (χ0v) is 7.24. The molecule has 0 aromatic carbocycles. The maximum atomic E-state index is 2.18. The first-order chi connectivity index (χ1) is 3.77. The lowest BCUT2D eigenvalue weighted by molar-refractivity contribution is 0.417. The quantitative estimate of drug-likeness (QED) is 0.555. The molecular formula is C7H16ClN. The maximum absolute atomic E-state index is 2.18. The lowest BCUT2D eigenvalue weighted by Crippen LogP contribution is -2.11. The zero-order chi connectivity index (χ0) is 6.41. The molecule has 9 heavy (non-hydrogen) atoms. The van der Waals surface area contributed by atoms with E-state index in [4.69, 9.17) is 0 Å². The van der Waals surface area contributed by atoms with Crippen molar-refractivity contribution in [2.75, 3.05) is 20.6 Å². The monoisotopic (exact) mass is 149 g/mol. The van der Waals surface area contributed by atoms with Gasteiger partial charge in [0.2, 0.25) is 0 Å². The third-order valence-electron chi connectivity index (χ3n) is 0.979. The van der Waals surface area contributed by atoms with Gasteiger partial charge >= 0.3 is 0 Å². The highest BCUT2D eigenvalue weighted by Gasteiger charge is 1.82. The summed E-state index contributed by atoms with van der Waals surface area (Å²) in [6, 6.07) is 0. The van der Waals surface area contributed by atoms with E-state index in [0.717, 1.165) is 6.54 Å². The van der Waals surface area contributed by atoms with Crippen molar-refractivity contribution < 1.29 is 0 Å². The molecule has 0 aromatic heterocycles. The molecule has 0 radical (unpaired) electrons. The van der Waals surface area contributed by atoms with Gasteiger partial charge in [0.25, 0.3) is 0 Å². The number of nitrogens with zero attached hydrogens (tertiary/aromatic N) is 1. The van der Waals surface area contributed by atoms with Crippen LogP contribution >= 0.6 is 12.4 Å². The Morgan fingerprint density at radius 3 is 2.22 bits per heavy atom. The summed E-state index contributed by atoms with van der Waals surface area (Å²) in [4.78, 5) is 2.18. The van der Waals surface area contributed by atoms with Crippen molar-refractivity contribution in [3.05, 3.63) is 12.2 Å². The largest absolute Gasteiger partial charge is 0.309 e. The second kappa shape index (κ2) is 7.99. The normalized spacial score (nSPS) is 10.2. The van der Waals surface area contributed by atoms with Crippen LogP contribution in [0, 0.1) is 0 Å². The molecule has 1 nitrogen and oxygen atoms in total. The smallest absolute Gasteiger partial charge is 0.000980 e. The van der Waals surface area contributed by atoms with Crippen LogP contribution in [0.5, 0.6) is 0 Å². The predicted molar refractivity (Wildman–Crippen MR) is 45.2 cm³/mol. The van der Waals surface area contributed by atoms with Crippen molar-refractivity contribution in [1.29, 1.82) is 0 Å². The molecular weight excluding hydrogens is 134 g/mol. The topological polar surface area (TPSA) is 3.24 Å². The van der Waals surface area contributed by atoms with Crippen LogP contribution in [-0.4, -0.2) is 25.5 Å². The second-order valence-electron chi connectivity index (χ2n) is 2.16. The van der Waals surface area contributed by atoms with Gasteiger partial charge < -0.3 is 4.90 Å². The van der Waals surface area contributed by atoms with Crippen LogP contribution in [0.4, 0.5) is 0 Å². The van der Waals surface area contributed by atoms with Crippen LogP contribution in [0.1, 0.15) is 13.3 Å². The van der Waals surface area contributed by atoms with Crippen molar-refractivity contribution in [3.63, 3.8) is 0 Å². The highest BCUT2D eigenvalue weighted by Crippen LogP contribution is 1.83. The minimum Gasteiger partial charge on any atom is -0.309 e. The molecule has 0 spiro atoms. The number of allylic oxidation sites excluding steroid dienone is 1. The minimum absolute atomic E-state index is 0. The summed E-state index contributed by atoms with van der Waals surface area (Å²) in [5.74, 6) is 0. The molecule has 0 aliphatic rings. The van der Waals surface area contributed by atoms with Gasteiger partial charge in [-0.25, -0.2) is 0 Å². The highest BCUT2D eigenvalue weighted by molar-refractivity contribution is 5.85. The summed E-state index contributed by atoms with van der Waals surface area (Å²) in [5, 5.41) is 0. The molecule has 0 rings (SSSR count). The van der Waals surface area contributed by atoms with Gasteiger partial charge in [0.1, 0.15) is 0 Å². The van der Waals surface area contributed by atoms with Gasteiger partial charge in [0, 0.05) is 6.54 Å². The Hall–Kier alpha value is -0.0100. The van der Waals surface area contributed by atoms with E-state index in [0.29, 0.717) is 0 Å². The highest BCUT2D eigenvalue weighted by atomic mass is 35.5. The van der Waals surface area contributed by atoms with Crippen LogP contribution in [0.2, 0.25) is 0 Å². The Kier molecular flexibility index (Phi) is 10.4. The lowest BCUT2D eigenvalue weighted by atomic mass is 10.4. The molecule has 0 aliphatic carbocycles. The van der Waals surface area contributed by atoms with E-state index in [1.54, 1.807) is 0 Å². The lowest BCUT2D eigenvalue weighted by Gasteiger charge is -2.04. The van der Waals surface area contributed by atoms with E-state index >= 15 is 0 Å². The molecule has 0 bridgehead atoms. The van der Waals surface area contributed by atoms with E-state index in [1.807, 2.05) is 0 Å². The van der Waals surface area contributed by atoms with E-state index in [1.165, 1.54) is 6.42 Å². The molecule has 0 heterocycles. The minimum atomic E-state index is 0. The van der Waals surface area contributed by atoms with Crippen LogP contribution < -0.4 is 0 Å². The summed E-state index contributed by atoms with van der Waals surface area (Å²) < 4.78 is 0. The molecule has 0 aromatic rings. The fraction of sp³-hybridized carbons (Fsp3) is 0.714. The fourth-order valence-corrected chi connectivity index (χ4v) is 0.499. The molecule has 0 aliphatic heterocycles. The summed E-state index contributed by atoms with van der Waals surface area (Å²) in [6.07, 6.45) is 5.44.